The molecular weight excluding hydrogens is 409 g/mol. The Kier molecular flexibility index (Phi) is 24.1. The van der Waals surface area contributed by atoms with Crippen molar-refractivity contribution in [1.82, 2.24) is 0 Å². The van der Waals surface area contributed by atoms with Gasteiger partial charge in [0.1, 0.15) is 0 Å². The first-order valence-electron chi connectivity index (χ1n) is 9.72. The van der Waals surface area contributed by atoms with E-state index in [0.29, 0.717) is 6.61 Å². The monoisotopic (exact) mass is 445 g/mol. The predicted octanol–water partition coefficient (Wildman–Crippen LogP) is 6.82. The van der Waals surface area contributed by atoms with Gasteiger partial charge in [0.2, 0.25) is 0 Å². The molecule has 1 unspecified atom stereocenters. The number of hydrogen-bond acceptors (Lipinski definition) is 4. The summed E-state index contributed by atoms with van der Waals surface area (Å²) in [5, 5.41) is 0. The minimum absolute atomic E-state index is 0. The molecule has 1 atom stereocenters. The van der Waals surface area contributed by atoms with Gasteiger partial charge in [-0.05, 0) is 18.6 Å². The third-order valence-corrected chi connectivity index (χ3v) is 8.36. The summed E-state index contributed by atoms with van der Waals surface area (Å²) in [6.07, 6.45) is 17.7. The van der Waals surface area contributed by atoms with Crippen molar-refractivity contribution >= 4 is 28.9 Å². The van der Waals surface area contributed by atoms with Crippen LogP contribution in [-0.4, -0.2) is 12.4 Å². The minimum Gasteiger partial charge on any atom is -0.793 e. The molecule has 0 spiro atoms. The van der Waals surface area contributed by atoms with Crippen LogP contribution < -0.4 is 4.89 Å². The zero-order valence-electron chi connectivity index (χ0n) is 16.1. The van der Waals surface area contributed by atoms with Crippen LogP contribution in [0.5, 0.6) is 0 Å². The van der Waals surface area contributed by atoms with E-state index in [2.05, 4.69) is 13.8 Å². The Hall–Kier alpha value is 1.54. The number of hydrogen-bond donors (Lipinski definition) is 0. The van der Waals surface area contributed by atoms with E-state index in [1.165, 1.54) is 88.4 Å². The fourth-order valence-electron chi connectivity index (χ4n) is 2.51. The standard InChI is InChI=1S/C18H39O2PS2.Zn/c1-3-5-7-9-11-13-15-17-20-21(19,22)23-18-16-14-12-10-8-6-4-2;/h3-18H2,1-2H3,(H,19,22);/p-1. The molecular formula is C18H38O2PS2Zn-. The SMILES string of the molecule is CCCCCCCCCOP([O-])(=S)SCCCCCCCCC.[Zn]. The van der Waals surface area contributed by atoms with E-state index in [1.807, 2.05) is 0 Å². The quantitative estimate of drug-likeness (QED) is 0.131. The minimum atomic E-state index is -2.82. The van der Waals surface area contributed by atoms with E-state index < -0.39 is 5.69 Å². The van der Waals surface area contributed by atoms with E-state index in [9.17, 15) is 4.89 Å². The van der Waals surface area contributed by atoms with Crippen molar-refractivity contribution in [2.45, 2.75) is 104 Å². The van der Waals surface area contributed by atoms with Crippen LogP contribution >= 0.6 is 17.1 Å². The second-order valence-electron chi connectivity index (χ2n) is 6.36. The topological polar surface area (TPSA) is 32.3 Å². The molecule has 0 rings (SSSR count). The molecule has 0 aliphatic heterocycles. The molecule has 6 heteroatoms. The Morgan fingerprint density at radius 2 is 1.17 bits per heavy atom. The van der Waals surface area contributed by atoms with Gasteiger partial charge in [0.25, 0.3) is 0 Å². The third-order valence-electron chi connectivity index (χ3n) is 3.99. The maximum absolute atomic E-state index is 12.1. The Balaban J connectivity index is 0. The molecule has 0 saturated carbocycles. The fraction of sp³-hybridized carbons (Fsp3) is 1.00. The van der Waals surface area contributed by atoms with Crippen molar-refractivity contribution in [2.75, 3.05) is 12.4 Å². The molecule has 0 bridgehead atoms. The summed E-state index contributed by atoms with van der Waals surface area (Å²) in [7, 11) is 0. The van der Waals surface area contributed by atoms with Gasteiger partial charge in [0.15, 0.2) is 0 Å². The average Bonchev–Trinajstić information content (AvgIpc) is 2.52. The van der Waals surface area contributed by atoms with Crippen LogP contribution in [0.15, 0.2) is 0 Å². The molecule has 0 aliphatic carbocycles. The van der Waals surface area contributed by atoms with E-state index in [1.54, 1.807) is 0 Å². The molecule has 0 aromatic carbocycles. The van der Waals surface area contributed by atoms with Gasteiger partial charge in [-0.3, -0.25) is 0 Å². The number of rotatable bonds is 18. The molecule has 0 aromatic heterocycles. The van der Waals surface area contributed by atoms with E-state index in [0.717, 1.165) is 18.6 Å². The van der Waals surface area contributed by atoms with Crippen LogP contribution in [0.25, 0.3) is 0 Å². The van der Waals surface area contributed by atoms with Gasteiger partial charge in [0.05, 0.1) is 6.61 Å². The average molecular weight is 447 g/mol. The second kappa shape index (κ2) is 20.9. The van der Waals surface area contributed by atoms with Gasteiger partial charge in [-0.25, -0.2) is 0 Å². The van der Waals surface area contributed by atoms with Gasteiger partial charge in [-0.15, -0.1) is 11.4 Å². The molecule has 0 N–H and O–H groups in total. The summed E-state index contributed by atoms with van der Waals surface area (Å²) in [5.41, 5.74) is -2.82. The van der Waals surface area contributed by atoms with Crippen LogP contribution in [-0.2, 0) is 35.8 Å². The summed E-state index contributed by atoms with van der Waals surface area (Å²) < 4.78 is 5.45. The van der Waals surface area contributed by atoms with Crippen molar-refractivity contribution < 1.29 is 28.9 Å². The summed E-state index contributed by atoms with van der Waals surface area (Å²) in [6, 6.07) is 0. The Morgan fingerprint density at radius 3 is 1.67 bits per heavy atom. The summed E-state index contributed by atoms with van der Waals surface area (Å²) in [4.78, 5) is 12.1. The van der Waals surface area contributed by atoms with Crippen molar-refractivity contribution in [1.29, 1.82) is 0 Å². The summed E-state index contributed by atoms with van der Waals surface area (Å²) in [5.74, 6) is 0.881. The zero-order chi connectivity index (χ0) is 17.2. The van der Waals surface area contributed by atoms with Crippen LogP contribution in [0, 0.1) is 0 Å². The third kappa shape index (κ3) is 21.6. The molecule has 0 radical (unpaired) electrons. The maximum atomic E-state index is 12.1. The molecule has 0 aromatic rings. The largest absolute Gasteiger partial charge is 0.793 e. The molecule has 142 valence electrons. The maximum Gasteiger partial charge on any atom is 0.0513 e. The van der Waals surface area contributed by atoms with Crippen LogP contribution in [0.2, 0.25) is 0 Å². The Bertz CT molecular complexity index is 270. The van der Waals surface area contributed by atoms with Crippen LogP contribution in [0.1, 0.15) is 104 Å². The van der Waals surface area contributed by atoms with E-state index in [-0.39, 0.29) is 19.5 Å². The predicted molar refractivity (Wildman–Crippen MR) is 109 cm³/mol. The second-order valence-corrected chi connectivity index (χ2v) is 12.5. The zero-order valence-corrected chi connectivity index (χ0v) is 21.6. The Labute approximate surface area is 173 Å². The van der Waals surface area contributed by atoms with Crippen molar-refractivity contribution in [3.8, 4) is 0 Å². The summed E-state index contributed by atoms with van der Waals surface area (Å²) >= 11 is 6.48. The first-order valence-corrected chi connectivity index (χ1v) is 14.0. The first-order chi connectivity index (χ1) is 11.1. The van der Waals surface area contributed by atoms with Gasteiger partial charge < -0.3 is 9.42 Å². The summed E-state index contributed by atoms with van der Waals surface area (Å²) in [6.45, 7) is 5.04. The first kappa shape index (κ1) is 27.8. The molecule has 2 nitrogen and oxygen atoms in total. The van der Waals surface area contributed by atoms with Crippen molar-refractivity contribution in [2.24, 2.45) is 0 Å². The van der Waals surface area contributed by atoms with Crippen LogP contribution in [0.3, 0.4) is 0 Å². The van der Waals surface area contributed by atoms with Crippen LogP contribution in [0.4, 0.5) is 0 Å². The molecule has 0 saturated heterocycles. The molecule has 0 amide bonds. The molecule has 0 fully saturated rings. The van der Waals surface area contributed by atoms with Gasteiger partial charge in [-0.2, -0.15) is 0 Å². The van der Waals surface area contributed by atoms with Gasteiger partial charge in [-0.1, -0.05) is 103 Å². The molecule has 0 heterocycles. The number of unbranched alkanes of at least 4 members (excludes halogenated alkanes) is 12. The van der Waals surface area contributed by atoms with Gasteiger partial charge in [0, 0.05) is 25.2 Å². The smallest absolute Gasteiger partial charge is 0.0513 e. The normalized spacial score (nSPS) is 13.5. The van der Waals surface area contributed by atoms with E-state index in [4.69, 9.17) is 16.3 Å². The van der Waals surface area contributed by atoms with E-state index >= 15 is 0 Å². The fourth-order valence-corrected chi connectivity index (χ4v) is 5.89. The van der Waals surface area contributed by atoms with Crippen molar-refractivity contribution in [3.63, 3.8) is 0 Å². The van der Waals surface area contributed by atoms with Crippen molar-refractivity contribution in [3.05, 3.63) is 0 Å². The Morgan fingerprint density at radius 1 is 0.750 bits per heavy atom. The molecule has 24 heavy (non-hydrogen) atoms. The molecule has 0 aliphatic rings. The van der Waals surface area contributed by atoms with Gasteiger partial charge >= 0.3 is 0 Å².